The predicted octanol–water partition coefficient (Wildman–Crippen LogP) is 4.45. The van der Waals surface area contributed by atoms with E-state index in [0.717, 1.165) is 17.0 Å². The lowest BCUT2D eigenvalue weighted by molar-refractivity contribution is -0.121. The van der Waals surface area contributed by atoms with Crippen molar-refractivity contribution in [2.75, 3.05) is 32.2 Å². The van der Waals surface area contributed by atoms with Gasteiger partial charge in [0.1, 0.15) is 10.1 Å². The number of thioether (sulfide) groups is 1. The molecule has 2 aromatic carbocycles. The summed E-state index contributed by atoms with van der Waals surface area (Å²) in [4.78, 5) is 29.1. The smallest absolute Gasteiger partial charge is 0.267 e. The van der Waals surface area contributed by atoms with Gasteiger partial charge in [0.2, 0.25) is 0 Å². The number of methoxy groups -OCH3 is 1. The molecule has 1 N–H and O–H groups in total. The van der Waals surface area contributed by atoms with Crippen molar-refractivity contribution in [3.8, 4) is 5.75 Å². The Bertz CT molecular complexity index is 984. The number of carbonyl (C=O) groups excluding carboxylic acids is 2. The molecule has 0 saturated carbocycles. The van der Waals surface area contributed by atoms with E-state index in [1.807, 2.05) is 56.3 Å². The van der Waals surface area contributed by atoms with E-state index in [9.17, 15) is 9.59 Å². The predicted molar refractivity (Wildman–Crippen MR) is 130 cm³/mol. The zero-order chi connectivity index (χ0) is 22.4. The maximum Gasteiger partial charge on any atom is 0.267 e. The molecule has 0 bridgehead atoms. The summed E-state index contributed by atoms with van der Waals surface area (Å²) in [7, 11) is 1.61. The van der Waals surface area contributed by atoms with Gasteiger partial charge in [0, 0.05) is 24.3 Å². The molecule has 1 heterocycles. The van der Waals surface area contributed by atoms with Crippen LogP contribution in [0.5, 0.6) is 5.75 Å². The monoisotopic (exact) mass is 455 g/mol. The molecule has 0 radical (unpaired) electrons. The maximum absolute atomic E-state index is 12.8. The van der Waals surface area contributed by atoms with Crippen LogP contribution in [-0.4, -0.2) is 52.8 Å². The SMILES string of the molecule is CCN(CC)C(=O)c1ccc(NCN2C(=O)/C(=C/c3ccc(OC)cc3)SC2=S)cc1. The molecule has 3 rings (SSSR count). The van der Waals surface area contributed by atoms with Gasteiger partial charge in [-0.3, -0.25) is 14.5 Å². The fourth-order valence-electron chi connectivity index (χ4n) is 3.08. The quantitative estimate of drug-likeness (QED) is 0.469. The van der Waals surface area contributed by atoms with E-state index in [0.29, 0.717) is 27.9 Å². The lowest BCUT2D eigenvalue weighted by Gasteiger charge is -2.19. The topological polar surface area (TPSA) is 61.9 Å². The molecule has 1 aliphatic rings. The number of carbonyl (C=O) groups is 2. The Morgan fingerprint density at radius 1 is 1.13 bits per heavy atom. The lowest BCUT2D eigenvalue weighted by Crippen LogP contribution is -2.33. The van der Waals surface area contributed by atoms with Crippen molar-refractivity contribution < 1.29 is 14.3 Å². The van der Waals surface area contributed by atoms with Crippen molar-refractivity contribution in [2.45, 2.75) is 13.8 Å². The molecule has 0 atom stereocenters. The second-order valence-corrected chi connectivity index (χ2v) is 8.45. The van der Waals surface area contributed by atoms with Gasteiger partial charge in [-0.2, -0.15) is 0 Å². The third-order valence-corrected chi connectivity index (χ3v) is 6.29. The number of hydrogen-bond donors (Lipinski definition) is 1. The van der Waals surface area contributed by atoms with Crippen molar-refractivity contribution in [1.82, 2.24) is 9.80 Å². The molecule has 31 heavy (non-hydrogen) atoms. The molecule has 8 heteroatoms. The highest BCUT2D eigenvalue weighted by molar-refractivity contribution is 8.26. The molecule has 0 unspecified atom stereocenters. The van der Waals surface area contributed by atoms with Gasteiger partial charge in [-0.15, -0.1) is 0 Å². The van der Waals surface area contributed by atoms with Crippen LogP contribution in [0.2, 0.25) is 0 Å². The molecule has 0 spiro atoms. The first-order valence-electron chi connectivity index (χ1n) is 9.99. The Hall–Kier alpha value is -2.84. The largest absolute Gasteiger partial charge is 0.497 e. The number of nitrogens with one attached hydrogen (secondary N) is 1. The van der Waals surface area contributed by atoms with Crippen LogP contribution in [0, 0.1) is 0 Å². The van der Waals surface area contributed by atoms with Crippen LogP contribution in [0.15, 0.2) is 53.4 Å². The number of hydrogen-bond acceptors (Lipinski definition) is 6. The first kappa shape index (κ1) is 22.8. The Labute approximate surface area is 192 Å². The Kier molecular flexibility index (Phi) is 7.70. The summed E-state index contributed by atoms with van der Waals surface area (Å²) in [6.07, 6.45) is 1.83. The molecule has 1 aliphatic heterocycles. The van der Waals surface area contributed by atoms with Gasteiger partial charge >= 0.3 is 0 Å². The first-order chi connectivity index (χ1) is 15.0. The molecule has 162 valence electrons. The van der Waals surface area contributed by atoms with Gasteiger partial charge in [-0.25, -0.2) is 0 Å². The highest BCUT2D eigenvalue weighted by atomic mass is 32.2. The highest BCUT2D eigenvalue weighted by Crippen LogP contribution is 2.32. The van der Waals surface area contributed by atoms with Crippen LogP contribution in [0.3, 0.4) is 0 Å². The van der Waals surface area contributed by atoms with Crippen molar-refractivity contribution in [3.63, 3.8) is 0 Å². The second-order valence-electron chi connectivity index (χ2n) is 6.77. The van der Waals surface area contributed by atoms with Gasteiger partial charge in [-0.05, 0) is 61.9 Å². The van der Waals surface area contributed by atoms with E-state index in [1.54, 1.807) is 24.1 Å². The van der Waals surface area contributed by atoms with E-state index in [4.69, 9.17) is 17.0 Å². The number of ether oxygens (including phenoxy) is 1. The van der Waals surface area contributed by atoms with Crippen molar-refractivity contribution in [3.05, 3.63) is 64.6 Å². The number of rotatable bonds is 8. The number of benzene rings is 2. The molecular weight excluding hydrogens is 430 g/mol. The highest BCUT2D eigenvalue weighted by Gasteiger charge is 2.31. The van der Waals surface area contributed by atoms with E-state index < -0.39 is 0 Å². The third kappa shape index (κ3) is 5.45. The summed E-state index contributed by atoms with van der Waals surface area (Å²) in [5.41, 5.74) is 2.36. The zero-order valence-electron chi connectivity index (χ0n) is 17.8. The van der Waals surface area contributed by atoms with Gasteiger partial charge in [0.25, 0.3) is 11.8 Å². The first-order valence-corrected chi connectivity index (χ1v) is 11.2. The van der Waals surface area contributed by atoms with E-state index in [1.165, 1.54) is 16.7 Å². The standard InChI is InChI=1S/C23H25N3O3S2/c1-4-25(5-2)21(27)17-8-10-18(11-9-17)24-15-26-22(28)20(31-23(26)30)14-16-6-12-19(29-3)13-7-16/h6-14,24H,4-5,15H2,1-3H3/b20-14-. The molecule has 2 aromatic rings. The Morgan fingerprint density at radius 3 is 2.35 bits per heavy atom. The minimum Gasteiger partial charge on any atom is -0.497 e. The van der Waals surface area contributed by atoms with E-state index in [-0.39, 0.29) is 18.5 Å². The van der Waals surface area contributed by atoms with Crippen LogP contribution >= 0.6 is 24.0 Å². The molecule has 6 nitrogen and oxygen atoms in total. The minimum atomic E-state index is -0.133. The van der Waals surface area contributed by atoms with E-state index in [2.05, 4.69) is 5.32 Å². The minimum absolute atomic E-state index is 0.0113. The molecule has 2 amide bonds. The zero-order valence-corrected chi connectivity index (χ0v) is 19.4. The van der Waals surface area contributed by atoms with Gasteiger partial charge in [-0.1, -0.05) is 36.1 Å². The molecule has 1 fully saturated rings. The maximum atomic E-state index is 12.8. The van der Waals surface area contributed by atoms with E-state index >= 15 is 0 Å². The van der Waals surface area contributed by atoms with Crippen LogP contribution in [0.1, 0.15) is 29.8 Å². The number of amides is 2. The summed E-state index contributed by atoms with van der Waals surface area (Å²) in [6, 6.07) is 14.7. The Balaban J connectivity index is 1.62. The second kappa shape index (κ2) is 10.5. The van der Waals surface area contributed by atoms with Gasteiger partial charge < -0.3 is 15.0 Å². The van der Waals surface area contributed by atoms with Crippen molar-refractivity contribution >= 4 is 51.9 Å². The Morgan fingerprint density at radius 2 is 1.77 bits per heavy atom. The number of thiocarbonyl (C=S) groups is 1. The summed E-state index contributed by atoms with van der Waals surface area (Å²) in [6.45, 7) is 5.53. The molecule has 0 aromatic heterocycles. The normalized spacial score (nSPS) is 14.8. The average molecular weight is 456 g/mol. The molecule has 0 aliphatic carbocycles. The lowest BCUT2D eigenvalue weighted by atomic mass is 10.2. The molecular formula is C23H25N3O3S2. The summed E-state index contributed by atoms with van der Waals surface area (Å²) >= 11 is 6.68. The average Bonchev–Trinajstić information content (AvgIpc) is 3.06. The fraction of sp³-hybridized carbons (Fsp3) is 0.261. The molecule has 1 saturated heterocycles. The van der Waals surface area contributed by atoms with Crippen LogP contribution in [-0.2, 0) is 4.79 Å². The van der Waals surface area contributed by atoms with Crippen LogP contribution in [0.4, 0.5) is 5.69 Å². The van der Waals surface area contributed by atoms with Crippen molar-refractivity contribution in [1.29, 1.82) is 0 Å². The fourth-order valence-corrected chi connectivity index (χ4v) is 4.34. The van der Waals surface area contributed by atoms with Crippen molar-refractivity contribution in [2.24, 2.45) is 0 Å². The number of nitrogens with zero attached hydrogens (tertiary/aromatic N) is 2. The van der Waals surface area contributed by atoms with Crippen LogP contribution < -0.4 is 10.1 Å². The third-order valence-electron chi connectivity index (χ3n) is 4.91. The van der Waals surface area contributed by atoms with Crippen LogP contribution in [0.25, 0.3) is 6.08 Å². The summed E-state index contributed by atoms with van der Waals surface area (Å²) in [5, 5.41) is 3.21. The van der Waals surface area contributed by atoms with Gasteiger partial charge in [0.05, 0.1) is 18.7 Å². The summed E-state index contributed by atoms with van der Waals surface area (Å²) < 4.78 is 5.67. The summed E-state index contributed by atoms with van der Waals surface area (Å²) in [5.74, 6) is 0.641. The number of anilines is 1. The van der Waals surface area contributed by atoms with Gasteiger partial charge in [0.15, 0.2) is 0 Å².